The summed E-state index contributed by atoms with van der Waals surface area (Å²) in [6.07, 6.45) is 4.16. The molecule has 1 amide bonds. The summed E-state index contributed by atoms with van der Waals surface area (Å²) in [6.45, 7) is 0.568. The molecular formula is C15H14ClN3OS. The Morgan fingerprint density at radius 2 is 2.14 bits per heavy atom. The molecular weight excluding hydrogens is 306 g/mol. The molecule has 2 heterocycles. The van der Waals surface area contributed by atoms with E-state index in [-0.39, 0.29) is 5.91 Å². The molecule has 0 radical (unpaired) electrons. The van der Waals surface area contributed by atoms with Crippen LogP contribution in [0.5, 0.6) is 0 Å². The van der Waals surface area contributed by atoms with Crippen LogP contribution in [-0.4, -0.2) is 27.2 Å². The fraction of sp³-hybridized carbons (Fsp3) is 0.200. The Morgan fingerprint density at radius 3 is 2.86 bits per heavy atom. The van der Waals surface area contributed by atoms with Crippen LogP contribution in [0.3, 0.4) is 0 Å². The third-order valence-electron chi connectivity index (χ3n) is 3.23. The first-order valence-corrected chi connectivity index (χ1v) is 7.77. The number of hydrogen-bond acceptors (Lipinski definition) is 3. The molecule has 2 aromatic heterocycles. The van der Waals surface area contributed by atoms with E-state index in [2.05, 4.69) is 4.98 Å². The molecule has 0 atom stereocenters. The number of rotatable bonds is 4. The van der Waals surface area contributed by atoms with E-state index < -0.39 is 0 Å². The zero-order valence-electron chi connectivity index (χ0n) is 11.5. The Hall–Kier alpha value is -1.85. The number of aromatic nitrogens is 2. The summed E-state index contributed by atoms with van der Waals surface area (Å²) < 4.78 is 1.94. The number of hydrogen-bond donors (Lipinski definition) is 0. The van der Waals surface area contributed by atoms with Crippen molar-refractivity contribution in [1.29, 1.82) is 0 Å². The van der Waals surface area contributed by atoms with Gasteiger partial charge in [0.05, 0.1) is 12.1 Å². The molecule has 4 nitrogen and oxygen atoms in total. The second-order valence-corrected chi connectivity index (χ2v) is 6.19. The van der Waals surface area contributed by atoms with Gasteiger partial charge in [-0.25, -0.2) is 4.98 Å². The number of thiazole rings is 1. The van der Waals surface area contributed by atoms with Crippen molar-refractivity contribution >= 4 is 33.8 Å². The molecule has 0 aliphatic heterocycles. The molecule has 0 saturated heterocycles. The molecule has 0 aliphatic rings. The summed E-state index contributed by atoms with van der Waals surface area (Å²) in [5, 5.41) is 2.67. The van der Waals surface area contributed by atoms with E-state index >= 15 is 0 Å². The monoisotopic (exact) mass is 319 g/mol. The van der Waals surface area contributed by atoms with E-state index in [1.165, 1.54) is 0 Å². The molecule has 3 rings (SSSR count). The molecule has 0 aliphatic carbocycles. The minimum Gasteiger partial charge on any atom is -0.341 e. The lowest BCUT2D eigenvalue weighted by Crippen LogP contribution is -2.27. The molecule has 0 N–H and O–H groups in total. The summed E-state index contributed by atoms with van der Waals surface area (Å²) in [5.74, 6) is 0.0516. The maximum atomic E-state index is 12.2. The predicted octanol–water partition coefficient (Wildman–Crippen LogP) is 3.25. The van der Waals surface area contributed by atoms with Crippen LogP contribution < -0.4 is 0 Å². The number of benzene rings is 1. The number of halogens is 1. The maximum Gasteiger partial charge on any atom is 0.228 e. The number of carbonyl (C=O) groups is 1. The number of imidazole rings is 1. The molecule has 0 bridgehead atoms. The lowest BCUT2D eigenvalue weighted by Gasteiger charge is -2.16. The summed E-state index contributed by atoms with van der Waals surface area (Å²) in [4.78, 5) is 19.3. The van der Waals surface area contributed by atoms with Gasteiger partial charge in [-0.3, -0.25) is 9.20 Å². The Morgan fingerprint density at radius 1 is 1.38 bits per heavy atom. The van der Waals surface area contributed by atoms with Crippen LogP contribution in [0.2, 0.25) is 5.02 Å². The van der Waals surface area contributed by atoms with E-state index in [0.717, 1.165) is 16.2 Å². The lowest BCUT2D eigenvalue weighted by atomic mass is 10.2. The highest BCUT2D eigenvalue weighted by atomic mass is 35.5. The van der Waals surface area contributed by atoms with E-state index in [0.29, 0.717) is 18.0 Å². The zero-order chi connectivity index (χ0) is 14.8. The van der Waals surface area contributed by atoms with Crippen molar-refractivity contribution in [2.45, 2.75) is 13.0 Å². The number of nitrogens with zero attached hydrogens (tertiary/aromatic N) is 3. The quantitative estimate of drug-likeness (QED) is 0.740. The first-order chi connectivity index (χ1) is 10.1. The van der Waals surface area contributed by atoms with Crippen molar-refractivity contribution in [1.82, 2.24) is 14.3 Å². The normalized spacial score (nSPS) is 11.0. The minimum absolute atomic E-state index is 0.0516. The Bertz CT molecular complexity index is 734. The van der Waals surface area contributed by atoms with Gasteiger partial charge in [0.25, 0.3) is 0 Å². The third kappa shape index (κ3) is 3.25. The van der Waals surface area contributed by atoms with Crippen molar-refractivity contribution in [3.05, 3.63) is 58.3 Å². The van der Waals surface area contributed by atoms with Crippen LogP contribution in [0.4, 0.5) is 0 Å². The van der Waals surface area contributed by atoms with Gasteiger partial charge in [-0.15, -0.1) is 11.3 Å². The van der Waals surface area contributed by atoms with E-state index in [9.17, 15) is 4.79 Å². The van der Waals surface area contributed by atoms with Crippen LogP contribution in [0.1, 0.15) is 11.3 Å². The largest absolute Gasteiger partial charge is 0.341 e. The number of amides is 1. The molecule has 0 unspecified atom stereocenters. The molecule has 0 fully saturated rings. The van der Waals surface area contributed by atoms with Crippen LogP contribution >= 0.6 is 22.9 Å². The Balaban J connectivity index is 1.64. The fourth-order valence-electron chi connectivity index (χ4n) is 2.10. The summed E-state index contributed by atoms with van der Waals surface area (Å²) >= 11 is 7.42. The summed E-state index contributed by atoms with van der Waals surface area (Å²) in [5.41, 5.74) is 1.86. The molecule has 6 heteroatoms. The van der Waals surface area contributed by atoms with Gasteiger partial charge in [0.15, 0.2) is 4.96 Å². The fourth-order valence-corrected chi connectivity index (χ4v) is 2.95. The van der Waals surface area contributed by atoms with Crippen LogP contribution in [0.25, 0.3) is 4.96 Å². The second-order valence-electron chi connectivity index (χ2n) is 4.88. The van der Waals surface area contributed by atoms with Crippen LogP contribution in [0, 0.1) is 0 Å². The van der Waals surface area contributed by atoms with Gasteiger partial charge in [-0.1, -0.05) is 23.7 Å². The van der Waals surface area contributed by atoms with Gasteiger partial charge in [0.2, 0.25) is 5.91 Å². The van der Waals surface area contributed by atoms with Crippen molar-refractivity contribution in [2.24, 2.45) is 0 Å². The van der Waals surface area contributed by atoms with Crippen LogP contribution in [0.15, 0.2) is 42.0 Å². The van der Waals surface area contributed by atoms with Gasteiger partial charge in [-0.05, 0) is 17.7 Å². The number of fused-ring (bicyclic) bond motifs is 1. The van der Waals surface area contributed by atoms with Crippen LogP contribution in [-0.2, 0) is 17.8 Å². The highest BCUT2D eigenvalue weighted by Crippen LogP contribution is 2.14. The van der Waals surface area contributed by atoms with Crippen molar-refractivity contribution < 1.29 is 4.79 Å². The SMILES string of the molecule is CN(Cc1ccc(Cl)cc1)C(=O)Cc1cn2ccsc2n1. The first kappa shape index (κ1) is 14.1. The average molecular weight is 320 g/mol. The highest BCUT2D eigenvalue weighted by molar-refractivity contribution is 7.15. The van der Waals surface area contributed by atoms with Crippen molar-refractivity contribution in [3.8, 4) is 0 Å². The van der Waals surface area contributed by atoms with Gasteiger partial charge in [-0.2, -0.15) is 0 Å². The predicted molar refractivity (Wildman–Crippen MR) is 84.7 cm³/mol. The number of carbonyl (C=O) groups excluding carboxylic acids is 1. The first-order valence-electron chi connectivity index (χ1n) is 6.51. The van der Waals surface area contributed by atoms with Gasteiger partial charge in [0.1, 0.15) is 0 Å². The van der Waals surface area contributed by atoms with Gasteiger partial charge >= 0.3 is 0 Å². The Labute approximate surface area is 131 Å². The third-order valence-corrected chi connectivity index (χ3v) is 4.26. The van der Waals surface area contributed by atoms with Gasteiger partial charge in [0, 0.05) is 36.4 Å². The van der Waals surface area contributed by atoms with E-state index in [1.807, 2.05) is 46.4 Å². The molecule has 3 aromatic rings. The van der Waals surface area contributed by atoms with Crippen molar-refractivity contribution in [3.63, 3.8) is 0 Å². The molecule has 21 heavy (non-hydrogen) atoms. The smallest absolute Gasteiger partial charge is 0.228 e. The minimum atomic E-state index is 0.0516. The average Bonchev–Trinajstić information content (AvgIpc) is 3.02. The summed E-state index contributed by atoms with van der Waals surface area (Å²) in [6, 6.07) is 7.52. The Kier molecular flexibility index (Phi) is 3.94. The van der Waals surface area contributed by atoms with E-state index in [4.69, 9.17) is 11.6 Å². The lowest BCUT2D eigenvalue weighted by molar-refractivity contribution is -0.129. The molecule has 0 saturated carbocycles. The van der Waals surface area contributed by atoms with Crippen molar-refractivity contribution in [2.75, 3.05) is 7.05 Å². The maximum absolute atomic E-state index is 12.2. The van der Waals surface area contributed by atoms with E-state index in [1.54, 1.807) is 23.3 Å². The molecule has 0 spiro atoms. The zero-order valence-corrected chi connectivity index (χ0v) is 13.1. The van der Waals surface area contributed by atoms with Gasteiger partial charge < -0.3 is 4.90 Å². The highest BCUT2D eigenvalue weighted by Gasteiger charge is 2.13. The molecule has 108 valence electrons. The standard InChI is InChI=1S/C15H14ClN3OS/c1-18(9-11-2-4-12(16)5-3-11)14(20)8-13-10-19-6-7-21-15(19)17-13/h2-7,10H,8-9H2,1H3. The molecule has 1 aromatic carbocycles. The summed E-state index contributed by atoms with van der Waals surface area (Å²) in [7, 11) is 1.80. The number of likely N-dealkylation sites (N-methyl/N-ethyl adjacent to an activating group) is 1. The second kappa shape index (κ2) is 5.87. The topological polar surface area (TPSA) is 37.6 Å².